The molecule has 0 aromatic heterocycles. The minimum Gasteiger partial charge on any atom is -0.0843 e. The Bertz CT molecular complexity index is 377. The topological polar surface area (TPSA) is 0 Å². The van der Waals surface area contributed by atoms with Gasteiger partial charge < -0.3 is 0 Å². The molecule has 0 fully saturated rings. The van der Waals surface area contributed by atoms with Gasteiger partial charge in [0.15, 0.2) is 0 Å². The van der Waals surface area contributed by atoms with Crippen molar-refractivity contribution in [2.24, 2.45) is 5.92 Å². The van der Waals surface area contributed by atoms with Crippen molar-refractivity contribution in [2.45, 2.75) is 45.4 Å². The van der Waals surface area contributed by atoms with Gasteiger partial charge in [0.2, 0.25) is 0 Å². The van der Waals surface area contributed by atoms with E-state index < -0.39 is 0 Å². The molecule has 82 valence electrons. The Hall–Kier alpha value is -0.490. The molecule has 0 nitrogen and oxygen atoms in total. The van der Waals surface area contributed by atoms with Crippen LogP contribution >= 0.6 is 11.6 Å². The molecule has 0 amide bonds. The first-order chi connectivity index (χ1) is 6.92. The van der Waals surface area contributed by atoms with Crippen LogP contribution in [0.15, 0.2) is 18.2 Å². The summed E-state index contributed by atoms with van der Waals surface area (Å²) in [5, 5.41) is 0.867. The van der Waals surface area contributed by atoms with Crippen molar-refractivity contribution < 1.29 is 0 Å². The molecule has 1 aromatic carbocycles. The summed E-state index contributed by atoms with van der Waals surface area (Å²) in [7, 11) is 0. The molecular formula is C14H19Cl. The fourth-order valence-electron chi connectivity index (χ4n) is 2.80. The molecule has 0 aliphatic heterocycles. The SMILES string of the molecule is CC(C)[C@H]1CC(C)(C)c2cc(Cl)ccc21. The van der Waals surface area contributed by atoms with Gasteiger partial charge in [-0.15, -0.1) is 0 Å². The summed E-state index contributed by atoms with van der Waals surface area (Å²) >= 11 is 6.08. The summed E-state index contributed by atoms with van der Waals surface area (Å²) in [6.07, 6.45) is 1.25. The van der Waals surface area contributed by atoms with E-state index in [1.807, 2.05) is 6.07 Å². The molecule has 1 aliphatic rings. The lowest BCUT2D eigenvalue weighted by atomic mass is 9.84. The molecular weight excluding hydrogens is 204 g/mol. The first-order valence-electron chi connectivity index (χ1n) is 5.72. The van der Waals surface area contributed by atoms with E-state index in [2.05, 4.69) is 39.8 Å². The Balaban J connectivity index is 2.53. The van der Waals surface area contributed by atoms with Crippen LogP contribution in [0.3, 0.4) is 0 Å². The predicted molar refractivity (Wildman–Crippen MR) is 66.7 cm³/mol. The Morgan fingerprint density at radius 3 is 2.60 bits per heavy atom. The van der Waals surface area contributed by atoms with Crippen LogP contribution in [0.4, 0.5) is 0 Å². The average molecular weight is 223 g/mol. The number of hydrogen-bond donors (Lipinski definition) is 0. The highest BCUT2D eigenvalue weighted by Gasteiger charge is 2.37. The zero-order valence-corrected chi connectivity index (χ0v) is 10.7. The van der Waals surface area contributed by atoms with Crippen LogP contribution in [-0.4, -0.2) is 0 Å². The smallest absolute Gasteiger partial charge is 0.0409 e. The standard InChI is InChI=1S/C14H19Cl/c1-9(2)12-8-14(3,4)13-7-10(15)5-6-11(12)13/h5-7,9,12H,8H2,1-4H3/t12-/m1/s1. The second kappa shape index (κ2) is 3.52. The number of rotatable bonds is 1. The second-order valence-corrected chi connectivity index (χ2v) is 6.11. The minimum atomic E-state index is 0.287. The molecule has 0 spiro atoms. The molecule has 0 heterocycles. The highest BCUT2D eigenvalue weighted by molar-refractivity contribution is 6.30. The second-order valence-electron chi connectivity index (χ2n) is 5.67. The lowest BCUT2D eigenvalue weighted by Gasteiger charge is -2.20. The Kier molecular flexibility index (Phi) is 2.58. The predicted octanol–water partition coefficient (Wildman–Crippen LogP) is 4.76. The molecule has 0 saturated heterocycles. The molecule has 1 aliphatic carbocycles. The van der Waals surface area contributed by atoms with E-state index in [9.17, 15) is 0 Å². The maximum absolute atomic E-state index is 6.08. The van der Waals surface area contributed by atoms with Crippen LogP contribution in [0, 0.1) is 5.92 Å². The maximum atomic E-state index is 6.08. The van der Waals surface area contributed by atoms with Gasteiger partial charge in [0, 0.05) is 5.02 Å². The van der Waals surface area contributed by atoms with Crippen molar-refractivity contribution in [1.82, 2.24) is 0 Å². The van der Waals surface area contributed by atoms with Crippen molar-refractivity contribution >= 4 is 11.6 Å². The summed E-state index contributed by atoms with van der Waals surface area (Å²) in [4.78, 5) is 0. The molecule has 0 bridgehead atoms. The fraction of sp³-hybridized carbons (Fsp3) is 0.571. The minimum absolute atomic E-state index is 0.287. The van der Waals surface area contributed by atoms with E-state index >= 15 is 0 Å². The van der Waals surface area contributed by atoms with Gasteiger partial charge in [-0.1, -0.05) is 45.4 Å². The lowest BCUT2D eigenvalue weighted by Crippen LogP contribution is -2.13. The molecule has 0 unspecified atom stereocenters. The summed E-state index contributed by atoms with van der Waals surface area (Å²) in [6, 6.07) is 6.40. The monoisotopic (exact) mass is 222 g/mol. The van der Waals surface area contributed by atoms with Crippen LogP contribution in [0.1, 0.15) is 51.2 Å². The van der Waals surface area contributed by atoms with Gasteiger partial charge >= 0.3 is 0 Å². The third-order valence-corrected chi connectivity index (χ3v) is 3.91. The van der Waals surface area contributed by atoms with Gasteiger partial charge in [0.1, 0.15) is 0 Å². The molecule has 0 radical (unpaired) electrons. The Labute approximate surface area is 97.6 Å². The van der Waals surface area contributed by atoms with Crippen LogP contribution in [-0.2, 0) is 5.41 Å². The maximum Gasteiger partial charge on any atom is 0.0409 e. The number of fused-ring (bicyclic) bond motifs is 1. The summed E-state index contributed by atoms with van der Waals surface area (Å²) in [6.45, 7) is 9.27. The van der Waals surface area contributed by atoms with Crippen molar-refractivity contribution in [2.75, 3.05) is 0 Å². The molecule has 2 rings (SSSR count). The van der Waals surface area contributed by atoms with E-state index in [0.717, 1.165) is 5.02 Å². The normalized spacial score (nSPS) is 23.2. The fourth-order valence-corrected chi connectivity index (χ4v) is 2.97. The van der Waals surface area contributed by atoms with Crippen LogP contribution in [0.2, 0.25) is 5.02 Å². The van der Waals surface area contributed by atoms with Crippen molar-refractivity contribution in [3.05, 3.63) is 34.3 Å². The lowest BCUT2D eigenvalue weighted by molar-refractivity contribution is 0.409. The average Bonchev–Trinajstić information content (AvgIpc) is 2.39. The van der Waals surface area contributed by atoms with Crippen LogP contribution < -0.4 is 0 Å². The first-order valence-corrected chi connectivity index (χ1v) is 6.09. The third kappa shape index (κ3) is 1.80. The van der Waals surface area contributed by atoms with E-state index in [-0.39, 0.29) is 5.41 Å². The quantitative estimate of drug-likeness (QED) is 0.643. The van der Waals surface area contributed by atoms with Gasteiger partial charge in [-0.05, 0) is 46.9 Å². The zero-order chi connectivity index (χ0) is 11.2. The highest BCUT2D eigenvalue weighted by atomic mass is 35.5. The van der Waals surface area contributed by atoms with Crippen LogP contribution in [0.5, 0.6) is 0 Å². The van der Waals surface area contributed by atoms with Crippen molar-refractivity contribution in [1.29, 1.82) is 0 Å². The van der Waals surface area contributed by atoms with Crippen molar-refractivity contribution in [3.8, 4) is 0 Å². The molecule has 0 saturated carbocycles. The van der Waals surface area contributed by atoms with Crippen molar-refractivity contribution in [3.63, 3.8) is 0 Å². The Morgan fingerprint density at radius 1 is 1.33 bits per heavy atom. The van der Waals surface area contributed by atoms with Gasteiger partial charge in [-0.3, -0.25) is 0 Å². The van der Waals surface area contributed by atoms with E-state index in [0.29, 0.717) is 11.8 Å². The molecule has 1 atom stereocenters. The first kappa shape index (κ1) is 11.0. The van der Waals surface area contributed by atoms with Gasteiger partial charge in [-0.25, -0.2) is 0 Å². The summed E-state index contributed by atoms with van der Waals surface area (Å²) < 4.78 is 0. The van der Waals surface area contributed by atoms with Gasteiger partial charge in [-0.2, -0.15) is 0 Å². The summed E-state index contributed by atoms with van der Waals surface area (Å²) in [5.41, 5.74) is 3.25. The number of benzene rings is 1. The van der Waals surface area contributed by atoms with E-state index in [4.69, 9.17) is 11.6 Å². The van der Waals surface area contributed by atoms with E-state index in [1.165, 1.54) is 17.5 Å². The van der Waals surface area contributed by atoms with E-state index in [1.54, 1.807) is 0 Å². The van der Waals surface area contributed by atoms with Crippen LogP contribution in [0.25, 0.3) is 0 Å². The Morgan fingerprint density at radius 2 is 2.00 bits per heavy atom. The molecule has 1 aromatic rings. The number of hydrogen-bond acceptors (Lipinski definition) is 0. The van der Waals surface area contributed by atoms with Gasteiger partial charge in [0.25, 0.3) is 0 Å². The highest BCUT2D eigenvalue weighted by Crippen LogP contribution is 2.49. The zero-order valence-electron chi connectivity index (χ0n) is 9.97. The number of halogens is 1. The molecule has 15 heavy (non-hydrogen) atoms. The third-order valence-electron chi connectivity index (χ3n) is 3.68. The summed E-state index contributed by atoms with van der Waals surface area (Å²) in [5.74, 6) is 1.42. The molecule has 1 heteroatoms. The largest absolute Gasteiger partial charge is 0.0843 e. The van der Waals surface area contributed by atoms with Gasteiger partial charge in [0.05, 0.1) is 0 Å². The molecule has 0 N–H and O–H groups in total.